The first-order valence-electron chi connectivity index (χ1n) is 8.76. The lowest BCUT2D eigenvalue weighted by Gasteiger charge is -2.33. The van der Waals surface area contributed by atoms with Crippen LogP contribution in [0.25, 0.3) is 0 Å². The van der Waals surface area contributed by atoms with E-state index < -0.39 is 11.9 Å². The van der Waals surface area contributed by atoms with Crippen LogP contribution in [0.15, 0.2) is 24.3 Å². The van der Waals surface area contributed by atoms with Gasteiger partial charge >= 0.3 is 11.9 Å². The molecule has 26 heavy (non-hydrogen) atoms. The monoisotopic (exact) mass is 364 g/mol. The molecule has 1 aromatic rings. The minimum atomic E-state index is -0.876. The van der Waals surface area contributed by atoms with Gasteiger partial charge in [-0.25, -0.2) is 0 Å². The van der Waals surface area contributed by atoms with Crippen LogP contribution in [-0.4, -0.2) is 95.8 Å². The van der Waals surface area contributed by atoms with Crippen LogP contribution in [0, 0.1) is 0 Å². The number of benzene rings is 1. The number of carbonyl (C=O) groups is 2. The molecule has 1 fully saturated rings. The minimum Gasteiger partial charge on any atom is -0.480 e. The zero-order valence-corrected chi connectivity index (χ0v) is 15.2. The molecular weight excluding hydrogens is 336 g/mol. The van der Waals surface area contributed by atoms with E-state index in [2.05, 4.69) is 4.90 Å². The van der Waals surface area contributed by atoms with Crippen molar-refractivity contribution >= 4 is 17.6 Å². The first kappa shape index (κ1) is 20.2. The Bertz CT molecular complexity index is 608. The first-order valence-corrected chi connectivity index (χ1v) is 8.76. The molecule has 1 heterocycles. The van der Waals surface area contributed by atoms with Gasteiger partial charge in [-0.2, -0.15) is 0 Å². The number of anilines is 1. The molecule has 4 N–H and O–H groups in total. The van der Waals surface area contributed by atoms with Gasteiger partial charge in [0.15, 0.2) is 0 Å². The van der Waals surface area contributed by atoms with Crippen molar-refractivity contribution in [2.24, 2.45) is 0 Å². The molecule has 144 valence electrons. The predicted molar refractivity (Wildman–Crippen MR) is 99.1 cm³/mol. The molecule has 1 aromatic carbocycles. The Kier molecular flexibility index (Phi) is 7.38. The second kappa shape index (κ2) is 9.51. The molecule has 0 aliphatic carbocycles. The molecule has 1 aliphatic heterocycles. The topological polar surface area (TPSA) is 110 Å². The summed E-state index contributed by atoms with van der Waals surface area (Å²) in [7, 11) is 1.97. The number of hydrogen-bond acceptors (Lipinski definition) is 6. The second-order valence-corrected chi connectivity index (χ2v) is 6.90. The molecule has 0 spiro atoms. The van der Waals surface area contributed by atoms with E-state index in [1.165, 1.54) is 0 Å². The molecule has 2 rings (SSSR count). The number of likely N-dealkylation sites (N-methyl/N-ethyl adjacent to an activating group) is 1. The fraction of sp³-hybridized carbons (Fsp3) is 0.556. The summed E-state index contributed by atoms with van der Waals surface area (Å²) < 4.78 is 0. The van der Waals surface area contributed by atoms with Crippen molar-refractivity contribution in [3.63, 3.8) is 0 Å². The van der Waals surface area contributed by atoms with Crippen LogP contribution in [0.4, 0.5) is 5.69 Å². The van der Waals surface area contributed by atoms with Gasteiger partial charge in [0, 0.05) is 44.5 Å². The summed E-state index contributed by atoms with van der Waals surface area (Å²) in [6.07, 6.45) is 0.646. The lowest BCUT2D eigenvalue weighted by Crippen LogP contribution is -2.48. The van der Waals surface area contributed by atoms with Gasteiger partial charge in [-0.3, -0.25) is 19.4 Å². The average Bonchev–Trinajstić information content (AvgIpc) is 2.62. The fourth-order valence-electron chi connectivity index (χ4n) is 3.25. The highest BCUT2D eigenvalue weighted by Gasteiger charge is 2.26. The van der Waals surface area contributed by atoms with E-state index in [1.54, 1.807) is 0 Å². The Morgan fingerprint density at radius 2 is 1.65 bits per heavy atom. The SMILES string of the molecule is CN1CCN(CC(=O)O)CC(Cc2ccc(N)cc2)N(CC(=O)O)CC1. The second-order valence-electron chi connectivity index (χ2n) is 6.90. The number of hydrogen-bond donors (Lipinski definition) is 3. The molecule has 8 heteroatoms. The Balaban J connectivity index is 2.23. The van der Waals surface area contributed by atoms with E-state index in [1.807, 2.05) is 41.1 Å². The van der Waals surface area contributed by atoms with Crippen LogP contribution in [-0.2, 0) is 16.0 Å². The summed E-state index contributed by atoms with van der Waals surface area (Å²) in [6, 6.07) is 7.45. The maximum atomic E-state index is 11.4. The number of rotatable bonds is 6. The largest absolute Gasteiger partial charge is 0.480 e. The molecule has 0 bridgehead atoms. The van der Waals surface area contributed by atoms with Gasteiger partial charge in [-0.1, -0.05) is 12.1 Å². The summed E-state index contributed by atoms with van der Waals surface area (Å²) in [6.45, 7) is 3.17. The van der Waals surface area contributed by atoms with Crippen molar-refractivity contribution < 1.29 is 19.8 Å². The molecule has 8 nitrogen and oxygen atoms in total. The van der Waals surface area contributed by atoms with E-state index in [4.69, 9.17) is 5.73 Å². The third-order valence-corrected chi connectivity index (χ3v) is 4.70. The minimum absolute atomic E-state index is 0.0486. The van der Waals surface area contributed by atoms with Crippen LogP contribution in [0.2, 0.25) is 0 Å². The number of carboxylic acid groups (broad SMARTS) is 2. The maximum Gasteiger partial charge on any atom is 0.317 e. The summed E-state index contributed by atoms with van der Waals surface area (Å²) >= 11 is 0. The Hall–Kier alpha value is -2.16. The van der Waals surface area contributed by atoms with Crippen molar-refractivity contribution in [1.82, 2.24) is 14.7 Å². The Morgan fingerprint density at radius 1 is 1.04 bits per heavy atom. The summed E-state index contributed by atoms with van der Waals surface area (Å²) in [5.74, 6) is -1.75. The third kappa shape index (κ3) is 6.62. The van der Waals surface area contributed by atoms with Gasteiger partial charge < -0.3 is 20.8 Å². The van der Waals surface area contributed by atoms with E-state index in [0.29, 0.717) is 31.7 Å². The lowest BCUT2D eigenvalue weighted by atomic mass is 10.0. The smallest absolute Gasteiger partial charge is 0.317 e. The highest BCUT2D eigenvalue weighted by atomic mass is 16.4. The van der Waals surface area contributed by atoms with Crippen LogP contribution in [0.1, 0.15) is 5.56 Å². The van der Waals surface area contributed by atoms with Gasteiger partial charge in [0.05, 0.1) is 13.1 Å². The zero-order chi connectivity index (χ0) is 19.1. The summed E-state index contributed by atoms with van der Waals surface area (Å²) in [5.41, 5.74) is 7.48. The van der Waals surface area contributed by atoms with Gasteiger partial charge in [0.2, 0.25) is 0 Å². The number of carboxylic acids is 2. The molecular formula is C18H28N4O4. The predicted octanol–water partition coefficient (Wildman–Crippen LogP) is -0.101. The molecule has 0 aromatic heterocycles. The van der Waals surface area contributed by atoms with E-state index in [-0.39, 0.29) is 19.1 Å². The standard InChI is InChI=1S/C18H28N4O4/c1-20-6-8-21(12-17(23)24)11-16(22(9-7-20)13-18(25)26)10-14-2-4-15(19)5-3-14/h2-5,16H,6-13,19H2,1H3,(H,23,24)(H,25,26). The average molecular weight is 364 g/mol. The molecule has 0 radical (unpaired) electrons. The van der Waals surface area contributed by atoms with Crippen LogP contribution in [0.5, 0.6) is 0 Å². The summed E-state index contributed by atoms with van der Waals surface area (Å²) in [5, 5.41) is 18.5. The quantitative estimate of drug-likeness (QED) is 0.600. The number of aliphatic carboxylic acids is 2. The lowest BCUT2D eigenvalue weighted by molar-refractivity contribution is -0.140. The molecule has 1 unspecified atom stereocenters. The molecule has 1 saturated heterocycles. The molecule has 0 amide bonds. The third-order valence-electron chi connectivity index (χ3n) is 4.70. The van der Waals surface area contributed by atoms with Gasteiger partial charge in [0.25, 0.3) is 0 Å². The van der Waals surface area contributed by atoms with Crippen molar-refractivity contribution in [3.8, 4) is 0 Å². The number of nitrogen functional groups attached to an aromatic ring is 1. The summed E-state index contributed by atoms with van der Waals surface area (Å²) in [4.78, 5) is 28.5. The Labute approximate surface area is 153 Å². The van der Waals surface area contributed by atoms with Crippen LogP contribution < -0.4 is 5.73 Å². The number of nitrogens with two attached hydrogens (primary N) is 1. The van der Waals surface area contributed by atoms with Crippen molar-refractivity contribution in [2.45, 2.75) is 12.5 Å². The Morgan fingerprint density at radius 3 is 2.27 bits per heavy atom. The van der Waals surface area contributed by atoms with Gasteiger partial charge in [-0.15, -0.1) is 0 Å². The van der Waals surface area contributed by atoms with Crippen molar-refractivity contribution in [3.05, 3.63) is 29.8 Å². The van der Waals surface area contributed by atoms with E-state index in [0.717, 1.165) is 18.7 Å². The fourth-order valence-corrected chi connectivity index (χ4v) is 3.25. The van der Waals surface area contributed by atoms with E-state index in [9.17, 15) is 19.8 Å². The highest BCUT2D eigenvalue weighted by Crippen LogP contribution is 2.14. The highest BCUT2D eigenvalue weighted by molar-refractivity contribution is 5.69. The maximum absolute atomic E-state index is 11.4. The van der Waals surface area contributed by atoms with Gasteiger partial charge in [0.1, 0.15) is 0 Å². The van der Waals surface area contributed by atoms with Crippen LogP contribution in [0.3, 0.4) is 0 Å². The van der Waals surface area contributed by atoms with E-state index >= 15 is 0 Å². The normalized spacial score (nSPS) is 20.9. The molecule has 1 aliphatic rings. The molecule has 1 atom stereocenters. The van der Waals surface area contributed by atoms with Crippen molar-refractivity contribution in [1.29, 1.82) is 0 Å². The number of nitrogens with zero attached hydrogens (tertiary/aromatic N) is 3. The van der Waals surface area contributed by atoms with Crippen LogP contribution >= 0.6 is 0 Å². The molecule has 0 saturated carbocycles. The van der Waals surface area contributed by atoms with Crippen molar-refractivity contribution in [2.75, 3.05) is 58.6 Å². The zero-order valence-electron chi connectivity index (χ0n) is 15.2. The first-order chi connectivity index (χ1) is 12.3. The van der Waals surface area contributed by atoms with Gasteiger partial charge in [-0.05, 0) is 31.2 Å².